The van der Waals surface area contributed by atoms with Gasteiger partial charge in [-0.25, -0.2) is 9.99 Å². The fraction of sp³-hybridized carbons (Fsp3) is 0.240. The molecule has 2 aliphatic rings. The molecule has 0 spiro atoms. The zero-order chi connectivity index (χ0) is 23.1. The largest absolute Gasteiger partial charge is 0.467 e. The topological polar surface area (TPSA) is 71.8 Å². The Kier molecular flexibility index (Phi) is 5.80. The third-order valence-electron chi connectivity index (χ3n) is 6.10. The molecule has 2 unspecified atom stereocenters. The summed E-state index contributed by atoms with van der Waals surface area (Å²) < 4.78 is 13.2. The summed E-state index contributed by atoms with van der Waals surface area (Å²) in [6.45, 7) is 0. The number of carbonyl (C=O) groups excluding carboxylic acids is 1. The molecule has 1 aliphatic heterocycles. The molecular weight excluding hydrogens is 490 g/mol. The first kappa shape index (κ1) is 21.7. The predicted octanol–water partition coefficient (Wildman–Crippen LogP) is 7.05. The molecule has 9 heteroatoms. The highest BCUT2D eigenvalue weighted by Gasteiger charge is 2.45. The van der Waals surface area contributed by atoms with Gasteiger partial charge >= 0.3 is 0 Å². The third-order valence-corrected chi connectivity index (χ3v) is 8.50. The standard InChI is InChI=1S/C25H20ClN3O3S2/c26-16-8-9-21-19(13-16)27-25(34-21)33-14-22(30)29-24(20-7-3-11-32-20)18-6-1-4-15(23(18)28-29)12-17-5-2-10-31-17/h2-3,5,7-13,18,24H,1,4,6,14H2. The summed E-state index contributed by atoms with van der Waals surface area (Å²) in [6.07, 6.45) is 8.25. The van der Waals surface area contributed by atoms with Gasteiger partial charge in [0.2, 0.25) is 0 Å². The van der Waals surface area contributed by atoms with Gasteiger partial charge in [0, 0.05) is 10.9 Å². The average molecular weight is 510 g/mol. The maximum absolute atomic E-state index is 13.4. The number of allylic oxidation sites excluding steroid dienone is 1. The van der Waals surface area contributed by atoms with E-state index in [1.54, 1.807) is 28.9 Å². The van der Waals surface area contributed by atoms with Gasteiger partial charge in [0.05, 0.1) is 34.2 Å². The predicted molar refractivity (Wildman–Crippen MR) is 135 cm³/mol. The molecule has 0 bridgehead atoms. The second-order valence-corrected chi connectivity index (χ2v) is 10.9. The molecule has 0 N–H and O–H groups in total. The highest BCUT2D eigenvalue weighted by Crippen LogP contribution is 2.45. The van der Waals surface area contributed by atoms with E-state index in [1.807, 2.05) is 48.5 Å². The fourth-order valence-electron chi connectivity index (χ4n) is 4.62. The van der Waals surface area contributed by atoms with Gasteiger partial charge in [-0.05, 0) is 73.4 Å². The number of benzene rings is 1. The number of amides is 1. The number of hydrogen-bond acceptors (Lipinski definition) is 7. The lowest BCUT2D eigenvalue weighted by molar-refractivity contribution is -0.131. The maximum atomic E-state index is 13.4. The molecule has 0 saturated heterocycles. The average Bonchev–Trinajstić information content (AvgIpc) is 3.63. The minimum Gasteiger partial charge on any atom is -0.467 e. The SMILES string of the molecule is O=C(CSc1nc2cc(Cl)ccc2s1)N1N=C2C(=Cc3ccco3)CCCC2C1c1ccco1. The molecule has 3 aromatic heterocycles. The molecule has 4 aromatic rings. The number of nitrogens with zero attached hydrogens (tertiary/aromatic N) is 3. The van der Waals surface area contributed by atoms with Gasteiger partial charge in [-0.15, -0.1) is 11.3 Å². The lowest BCUT2D eigenvalue weighted by Crippen LogP contribution is -2.32. The number of hydrogen-bond donors (Lipinski definition) is 0. The van der Waals surface area contributed by atoms with E-state index in [0.29, 0.717) is 5.02 Å². The van der Waals surface area contributed by atoms with Crippen LogP contribution in [0.4, 0.5) is 0 Å². The van der Waals surface area contributed by atoms with Crippen molar-refractivity contribution in [1.82, 2.24) is 9.99 Å². The Bertz CT molecular complexity index is 1390. The number of rotatable bonds is 5. The summed E-state index contributed by atoms with van der Waals surface area (Å²) in [6, 6.07) is 13.0. The van der Waals surface area contributed by atoms with E-state index in [1.165, 1.54) is 11.8 Å². The van der Waals surface area contributed by atoms with Crippen molar-refractivity contribution in [3.8, 4) is 0 Å². The summed E-state index contributed by atoms with van der Waals surface area (Å²) >= 11 is 9.07. The molecule has 0 radical (unpaired) electrons. The van der Waals surface area contributed by atoms with Gasteiger partial charge in [-0.1, -0.05) is 23.4 Å². The van der Waals surface area contributed by atoms with Crippen molar-refractivity contribution in [1.29, 1.82) is 0 Å². The number of fused-ring (bicyclic) bond motifs is 2. The van der Waals surface area contributed by atoms with E-state index < -0.39 is 0 Å². The molecule has 172 valence electrons. The lowest BCUT2D eigenvalue weighted by Gasteiger charge is -2.27. The van der Waals surface area contributed by atoms with Gasteiger partial charge in [-0.3, -0.25) is 4.79 Å². The second kappa shape index (κ2) is 9.09. The van der Waals surface area contributed by atoms with Gasteiger partial charge in [0.15, 0.2) is 4.34 Å². The van der Waals surface area contributed by atoms with Crippen molar-refractivity contribution in [3.05, 3.63) is 77.1 Å². The molecule has 1 aromatic carbocycles. The van der Waals surface area contributed by atoms with Crippen LogP contribution in [0.3, 0.4) is 0 Å². The van der Waals surface area contributed by atoms with Gasteiger partial charge < -0.3 is 8.83 Å². The number of aromatic nitrogens is 1. The van der Waals surface area contributed by atoms with Crippen molar-refractivity contribution < 1.29 is 13.6 Å². The van der Waals surface area contributed by atoms with E-state index in [-0.39, 0.29) is 23.6 Å². The molecule has 34 heavy (non-hydrogen) atoms. The van der Waals surface area contributed by atoms with E-state index >= 15 is 0 Å². The number of furan rings is 2. The molecule has 2 atom stereocenters. The van der Waals surface area contributed by atoms with Crippen LogP contribution in [-0.4, -0.2) is 27.4 Å². The first-order valence-electron chi connectivity index (χ1n) is 11.0. The molecule has 1 amide bonds. The maximum Gasteiger partial charge on any atom is 0.253 e. The quantitative estimate of drug-likeness (QED) is 0.269. The molecule has 4 heterocycles. The summed E-state index contributed by atoms with van der Waals surface area (Å²) in [4.78, 5) is 18.1. The Morgan fingerprint density at radius 2 is 2.12 bits per heavy atom. The first-order chi connectivity index (χ1) is 16.7. The Morgan fingerprint density at radius 1 is 1.24 bits per heavy atom. The zero-order valence-corrected chi connectivity index (χ0v) is 20.4. The fourth-order valence-corrected chi connectivity index (χ4v) is 6.69. The number of thiazole rings is 1. The summed E-state index contributed by atoms with van der Waals surface area (Å²) in [7, 11) is 0. The zero-order valence-electron chi connectivity index (χ0n) is 18.0. The first-order valence-corrected chi connectivity index (χ1v) is 13.2. The number of hydrazone groups is 1. The number of carbonyl (C=O) groups is 1. The van der Waals surface area contributed by atoms with E-state index in [4.69, 9.17) is 25.5 Å². The Hall–Kier alpha value is -2.81. The van der Waals surface area contributed by atoms with E-state index in [2.05, 4.69) is 4.98 Å². The lowest BCUT2D eigenvalue weighted by atomic mass is 9.79. The Balaban J connectivity index is 1.27. The highest BCUT2D eigenvalue weighted by atomic mass is 35.5. The molecule has 6 rings (SSSR count). The smallest absolute Gasteiger partial charge is 0.253 e. The second-order valence-electron chi connectivity index (χ2n) is 8.25. The monoisotopic (exact) mass is 509 g/mol. The van der Waals surface area contributed by atoms with Gasteiger partial charge in [0.1, 0.15) is 17.6 Å². The summed E-state index contributed by atoms with van der Waals surface area (Å²) in [5, 5.41) is 7.13. The van der Waals surface area contributed by atoms with Crippen molar-refractivity contribution in [2.24, 2.45) is 11.0 Å². The van der Waals surface area contributed by atoms with Crippen LogP contribution in [0.25, 0.3) is 16.3 Å². The summed E-state index contributed by atoms with van der Waals surface area (Å²) in [5.74, 6) is 1.83. The molecule has 1 saturated carbocycles. The normalized spacial score (nSPS) is 21.3. The third kappa shape index (κ3) is 4.10. The number of halogens is 1. The van der Waals surface area contributed by atoms with Crippen LogP contribution in [0.1, 0.15) is 36.8 Å². The van der Waals surface area contributed by atoms with Crippen LogP contribution >= 0.6 is 34.7 Å². The van der Waals surface area contributed by atoms with Crippen molar-refractivity contribution in [2.45, 2.75) is 29.6 Å². The van der Waals surface area contributed by atoms with Crippen LogP contribution in [-0.2, 0) is 4.79 Å². The molecule has 6 nitrogen and oxygen atoms in total. The van der Waals surface area contributed by atoms with Crippen LogP contribution in [0.15, 0.2) is 78.8 Å². The van der Waals surface area contributed by atoms with E-state index in [9.17, 15) is 4.79 Å². The van der Waals surface area contributed by atoms with Crippen LogP contribution in [0.2, 0.25) is 5.02 Å². The van der Waals surface area contributed by atoms with Gasteiger partial charge in [-0.2, -0.15) is 5.10 Å². The van der Waals surface area contributed by atoms with Crippen molar-refractivity contribution >= 4 is 62.6 Å². The minimum absolute atomic E-state index is 0.0667. The van der Waals surface area contributed by atoms with Crippen molar-refractivity contribution in [2.75, 3.05) is 5.75 Å². The van der Waals surface area contributed by atoms with Crippen molar-refractivity contribution in [3.63, 3.8) is 0 Å². The number of thioether (sulfide) groups is 1. The Labute approximate surface area is 209 Å². The minimum atomic E-state index is -0.243. The summed E-state index contributed by atoms with van der Waals surface area (Å²) in [5.41, 5.74) is 2.92. The molecular formula is C25H20ClN3O3S2. The van der Waals surface area contributed by atoms with Crippen LogP contribution in [0.5, 0.6) is 0 Å². The molecule has 1 aliphatic carbocycles. The Morgan fingerprint density at radius 3 is 2.94 bits per heavy atom. The molecule has 1 fully saturated rings. The van der Waals surface area contributed by atoms with E-state index in [0.717, 1.165) is 56.6 Å². The van der Waals surface area contributed by atoms with Crippen LogP contribution in [0, 0.1) is 5.92 Å². The van der Waals surface area contributed by atoms with Crippen LogP contribution < -0.4 is 0 Å². The van der Waals surface area contributed by atoms with Gasteiger partial charge in [0.25, 0.3) is 5.91 Å². The highest BCUT2D eigenvalue weighted by molar-refractivity contribution is 8.01.